The van der Waals surface area contributed by atoms with Crippen molar-refractivity contribution in [2.24, 2.45) is 0 Å². The SMILES string of the molecule is Cc1ccn(-c2nc(C3COCCC3=O)cc(N(C(=O)OC(C)(C)C)C3CCC(F)(F)CC3)n2)n1. The van der Waals surface area contributed by atoms with Crippen LogP contribution in [0.5, 0.6) is 0 Å². The molecule has 2 aliphatic rings. The molecular formula is C24H31F2N5O4. The number of amides is 1. The summed E-state index contributed by atoms with van der Waals surface area (Å²) in [5.74, 6) is -3.07. The molecule has 0 spiro atoms. The molecule has 1 saturated heterocycles. The van der Waals surface area contributed by atoms with Crippen LogP contribution in [0.2, 0.25) is 0 Å². The van der Waals surface area contributed by atoms with Gasteiger partial charge in [0.25, 0.3) is 5.95 Å². The molecule has 0 N–H and O–H groups in total. The van der Waals surface area contributed by atoms with E-state index in [1.165, 1.54) is 9.58 Å². The van der Waals surface area contributed by atoms with Crippen molar-refractivity contribution in [1.82, 2.24) is 19.7 Å². The molecule has 4 rings (SSSR count). The lowest BCUT2D eigenvalue weighted by Crippen LogP contribution is -2.47. The van der Waals surface area contributed by atoms with Gasteiger partial charge in [-0.2, -0.15) is 10.1 Å². The molecule has 11 heteroatoms. The number of halogens is 2. The zero-order valence-corrected chi connectivity index (χ0v) is 20.5. The van der Waals surface area contributed by atoms with Gasteiger partial charge in [0.05, 0.1) is 30.5 Å². The maximum absolute atomic E-state index is 13.9. The third-order valence-electron chi connectivity index (χ3n) is 6.06. The van der Waals surface area contributed by atoms with Gasteiger partial charge in [0.1, 0.15) is 17.2 Å². The van der Waals surface area contributed by atoms with Crippen molar-refractivity contribution in [1.29, 1.82) is 0 Å². The van der Waals surface area contributed by atoms with Gasteiger partial charge < -0.3 is 9.47 Å². The van der Waals surface area contributed by atoms with Crippen molar-refractivity contribution in [3.05, 3.63) is 29.7 Å². The third-order valence-corrected chi connectivity index (χ3v) is 6.06. The minimum atomic E-state index is -2.77. The summed E-state index contributed by atoms with van der Waals surface area (Å²) >= 11 is 0. The Morgan fingerprint density at radius 2 is 1.97 bits per heavy atom. The van der Waals surface area contributed by atoms with Gasteiger partial charge in [-0.1, -0.05) is 0 Å². The predicted molar refractivity (Wildman–Crippen MR) is 123 cm³/mol. The molecule has 1 aliphatic heterocycles. The number of nitrogens with zero attached hydrogens (tertiary/aromatic N) is 5. The Labute approximate surface area is 202 Å². The molecule has 9 nitrogen and oxygen atoms in total. The number of hydrogen-bond acceptors (Lipinski definition) is 7. The number of Topliss-reactive ketones (excluding diaryl/α,β-unsaturated/α-hetero) is 1. The van der Waals surface area contributed by atoms with Crippen LogP contribution in [-0.2, 0) is 14.3 Å². The van der Waals surface area contributed by atoms with Crippen LogP contribution >= 0.6 is 0 Å². The molecule has 190 valence electrons. The van der Waals surface area contributed by atoms with Gasteiger partial charge in [-0.15, -0.1) is 0 Å². The molecule has 35 heavy (non-hydrogen) atoms. The fourth-order valence-corrected chi connectivity index (χ4v) is 4.29. The van der Waals surface area contributed by atoms with E-state index in [2.05, 4.69) is 15.1 Å². The van der Waals surface area contributed by atoms with E-state index in [1.807, 2.05) is 6.92 Å². The smallest absolute Gasteiger partial charge is 0.416 e. The number of alkyl halides is 2. The zero-order valence-electron chi connectivity index (χ0n) is 20.5. The number of carbonyl (C=O) groups excluding carboxylic acids is 2. The first-order chi connectivity index (χ1) is 16.4. The van der Waals surface area contributed by atoms with Crippen LogP contribution in [0.4, 0.5) is 19.4 Å². The second-order valence-corrected chi connectivity index (χ2v) is 10.1. The molecule has 0 aromatic carbocycles. The van der Waals surface area contributed by atoms with E-state index in [9.17, 15) is 18.4 Å². The summed E-state index contributed by atoms with van der Waals surface area (Å²) in [4.78, 5) is 36.5. The summed E-state index contributed by atoms with van der Waals surface area (Å²) in [7, 11) is 0. The molecule has 1 aliphatic carbocycles. The van der Waals surface area contributed by atoms with Crippen LogP contribution in [0.3, 0.4) is 0 Å². The summed E-state index contributed by atoms with van der Waals surface area (Å²) in [5, 5.41) is 4.36. The molecule has 1 unspecified atom stereocenters. The standard InChI is InChI=1S/C24H31F2N5O4/c1-15-7-11-30(29-15)21-27-18(17-14-34-12-8-19(17)32)13-20(28-21)31(22(33)35-23(2,3)4)16-5-9-24(25,26)10-6-16/h7,11,13,16-17H,5-6,8-10,12,14H2,1-4H3. The number of carbonyl (C=O) groups is 2. The second-order valence-electron chi connectivity index (χ2n) is 10.1. The molecule has 2 aromatic heterocycles. The van der Waals surface area contributed by atoms with Crippen LogP contribution in [-0.4, -0.2) is 62.4 Å². The van der Waals surface area contributed by atoms with Crippen molar-refractivity contribution in [3.8, 4) is 5.95 Å². The lowest BCUT2D eigenvalue weighted by atomic mass is 9.91. The highest BCUT2D eigenvalue weighted by Crippen LogP contribution is 2.37. The maximum Gasteiger partial charge on any atom is 0.416 e. The lowest BCUT2D eigenvalue weighted by molar-refractivity contribution is -0.126. The van der Waals surface area contributed by atoms with Gasteiger partial charge in [-0.3, -0.25) is 9.69 Å². The highest BCUT2D eigenvalue weighted by atomic mass is 19.3. The average Bonchev–Trinajstić information content (AvgIpc) is 3.20. The van der Waals surface area contributed by atoms with Gasteiger partial charge >= 0.3 is 6.09 Å². The fourth-order valence-electron chi connectivity index (χ4n) is 4.29. The topological polar surface area (TPSA) is 99.4 Å². The number of ketones is 1. The van der Waals surface area contributed by atoms with Gasteiger partial charge in [0.15, 0.2) is 0 Å². The van der Waals surface area contributed by atoms with Crippen molar-refractivity contribution < 1.29 is 27.8 Å². The normalized spacial score (nSPS) is 21.1. The molecule has 2 fully saturated rings. The van der Waals surface area contributed by atoms with Crippen LogP contribution in [0.15, 0.2) is 18.3 Å². The summed E-state index contributed by atoms with van der Waals surface area (Å²) < 4.78 is 40.5. The van der Waals surface area contributed by atoms with Gasteiger partial charge in [-0.25, -0.2) is 23.2 Å². The Hall–Kier alpha value is -2.95. The predicted octanol–water partition coefficient (Wildman–Crippen LogP) is 4.36. The molecule has 1 atom stereocenters. The number of anilines is 1. The maximum atomic E-state index is 13.9. The largest absolute Gasteiger partial charge is 0.443 e. The van der Waals surface area contributed by atoms with E-state index < -0.39 is 29.6 Å². The molecule has 0 radical (unpaired) electrons. The number of aromatic nitrogens is 4. The molecule has 2 aromatic rings. The van der Waals surface area contributed by atoms with Crippen LogP contribution in [0, 0.1) is 6.92 Å². The highest BCUT2D eigenvalue weighted by Gasteiger charge is 2.41. The van der Waals surface area contributed by atoms with Crippen LogP contribution in [0.1, 0.15) is 70.2 Å². The van der Waals surface area contributed by atoms with Crippen molar-refractivity contribution in [2.75, 3.05) is 18.1 Å². The van der Waals surface area contributed by atoms with Crippen molar-refractivity contribution in [3.63, 3.8) is 0 Å². The zero-order chi connectivity index (χ0) is 25.4. The first-order valence-corrected chi connectivity index (χ1v) is 11.8. The van der Waals surface area contributed by atoms with E-state index in [0.717, 1.165) is 5.69 Å². The first kappa shape index (κ1) is 25.2. The summed E-state index contributed by atoms with van der Waals surface area (Å²) in [6, 6.07) is 2.80. The quantitative estimate of drug-likeness (QED) is 0.626. The van der Waals surface area contributed by atoms with Gasteiger partial charge in [0.2, 0.25) is 5.92 Å². The third kappa shape index (κ3) is 6.01. The minimum Gasteiger partial charge on any atom is -0.443 e. The van der Waals surface area contributed by atoms with E-state index in [0.29, 0.717) is 12.3 Å². The second kappa shape index (κ2) is 9.60. The minimum absolute atomic E-state index is 0.0235. The van der Waals surface area contributed by atoms with E-state index in [4.69, 9.17) is 9.47 Å². The fraction of sp³-hybridized carbons (Fsp3) is 0.625. The van der Waals surface area contributed by atoms with Gasteiger partial charge in [-0.05, 0) is 46.6 Å². The Morgan fingerprint density at radius 3 is 2.57 bits per heavy atom. The molecule has 1 saturated carbocycles. The average molecular weight is 492 g/mol. The van der Waals surface area contributed by atoms with Crippen LogP contribution < -0.4 is 4.90 Å². The first-order valence-electron chi connectivity index (χ1n) is 11.8. The molecule has 3 heterocycles. The van der Waals surface area contributed by atoms with Crippen molar-refractivity contribution >= 4 is 17.7 Å². The Morgan fingerprint density at radius 1 is 1.26 bits per heavy atom. The number of ether oxygens (including phenoxy) is 2. The summed E-state index contributed by atoms with van der Waals surface area (Å²) in [6.45, 7) is 7.53. The number of rotatable bonds is 4. The summed E-state index contributed by atoms with van der Waals surface area (Å²) in [5.41, 5.74) is 0.313. The Balaban J connectivity index is 1.80. The van der Waals surface area contributed by atoms with Crippen LogP contribution in [0.25, 0.3) is 5.95 Å². The van der Waals surface area contributed by atoms with E-state index >= 15 is 0 Å². The Bertz CT molecular complexity index is 1090. The van der Waals surface area contributed by atoms with Crippen molar-refractivity contribution in [2.45, 2.75) is 83.3 Å². The molecular weight excluding hydrogens is 460 g/mol. The Kier molecular flexibility index (Phi) is 6.90. The molecule has 0 bridgehead atoms. The summed E-state index contributed by atoms with van der Waals surface area (Å²) in [6.07, 6.45) is 0.751. The lowest BCUT2D eigenvalue weighted by Gasteiger charge is -2.37. The van der Waals surface area contributed by atoms with E-state index in [1.54, 1.807) is 39.1 Å². The van der Waals surface area contributed by atoms with Gasteiger partial charge in [0, 0.05) is 37.6 Å². The number of aryl methyl sites for hydroxylation is 1. The molecule has 1 amide bonds. The van der Waals surface area contributed by atoms with E-state index in [-0.39, 0.29) is 56.3 Å². The number of hydrogen-bond donors (Lipinski definition) is 0. The monoisotopic (exact) mass is 491 g/mol. The highest BCUT2D eigenvalue weighted by molar-refractivity contribution is 5.89.